The second kappa shape index (κ2) is 5.51. The molecule has 0 heterocycles. The summed E-state index contributed by atoms with van der Waals surface area (Å²) in [6, 6.07) is 4.86. The minimum absolute atomic E-state index is 0.357. The normalized spacial score (nSPS) is 13.6. The van der Waals surface area contributed by atoms with Crippen molar-refractivity contribution in [3.8, 4) is 0 Å². The Kier molecular flexibility index (Phi) is 4.54. The number of nitrogens with two attached hydrogens (primary N) is 1. The lowest BCUT2D eigenvalue weighted by atomic mass is 10.2. The molecule has 1 atom stereocenters. The van der Waals surface area contributed by atoms with Gasteiger partial charge in [0.05, 0.1) is 10.1 Å². The molecule has 17 heavy (non-hydrogen) atoms. The predicted molar refractivity (Wildman–Crippen MR) is 68.7 cm³/mol. The number of ether oxygens (including phenoxy) is 1. The van der Waals surface area contributed by atoms with Gasteiger partial charge in [0, 0.05) is 19.4 Å². The Morgan fingerprint density at radius 3 is 2.59 bits per heavy atom. The maximum atomic E-state index is 12.3. The summed E-state index contributed by atoms with van der Waals surface area (Å²) in [4.78, 5) is 0.357. The van der Waals surface area contributed by atoms with Crippen LogP contribution in [-0.4, -0.2) is 27.4 Å². The number of aryl methyl sites for hydroxylation is 1. The molecule has 5 heteroatoms. The molecule has 96 valence electrons. The first-order chi connectivity index (χ1) is 7.89. The zero-order valence-corrected chi connectivity index (χ0v) is 11.3. The number of rotatable bonds is 5. The largest absolute Gasteiger partial charge is 0.399 e. The molecule has 2 N–H and O–H groups in total. The van der Waals surface area contributed by atoms with Crippen molar-refractivity contribution in [1.29, 1.82) is 0 Å². The van der Waals surface area contributed by atoms with Crippen molar-refractivity contribution in [3.63, 3.8) is 0 Å². The number of hydrogen-bond acceptors (Lipinski definition) is 4. The second-order valence-electron chi connectivity index (χ2n) is 4.16. The highest BCUT2D eigenvalue weighted by molar-refractivity contribution is 7.92. The van der Waals surface area contributed by atoms with Crippen LogP contribution in [0.2, 0.25) is 0 Å². The molecule has 1 unspecified atom stereocenters. The molecular weight excluding hydrogens is 238 g/mol. The quantitative estimate of drug-likeness (QED) is 0.816. The van der Waals surface area contributed by atoms with E-state index in [-0.39, 0.29) is 0 Å². The maximum absolute atomic E-state index is 12.3. The first-order valence-electron chi connectivity index (χ1n) is 5.48. The van der Waals surface area contributed by atoms with E-state index in [1.165, 1.54) is 0 Å². The SMILES string of the molecule is COCCC(C)S(=O)(=O)c1ccc(N)cc1C. The molecule has 0 fully saturated rings. The summed E-state index contributed by atoms with van der Waals surface area (Å²) in [5.74, 6) is 0. The van der Waals surface area contributed by atoms with Crippen LogP contribution in [0.25, 0.3) is 0 Å². The molecule has 0 aliphatic carbocycles. The number of nitrogen functional groups attached to an aromatic ring is 1. The molecule has 0 bridgehead atoms. The third-order valence-corrected chi connectivity index (χ3v) is 5.13. The van der Waals surface area contributed by atoms with Crippen LogP contribution in [0.1, 0.15) is 18.9 Å². The van der Waals surface area contributed by atoms with E-state index in [2.05, 4.69) is 0 Å². The maximum Gasteiger partial charge on any atom is 0.181 e. The number of hydrogen-bond donors (Lipinski definition) is 1. The van der Waals surface area contributed by atoms with Crippen molar-refractivity contribution in [2.24, 2.45) is 0 Å². The van der Waals surface area contributed by atoms with Gasteiger partial charge in [-0.15, -0.1) is 0 Å². The van der Waals surface area contributed by atoms with Gasteiger partial charge in [-0.25, -0.2) is 8.42 Å². The first-order valence-corrected chi connectivity index (χ1v) is 7.03. The highest BCUT2D eigenvalue weighted by Crippen LogP contribution is 2.23. The van der Waals surface area contributed by atoms with Gasteiger partial charge in [0.25, 0.3) is 0 Å². The number of methoxy groups -OCH3 is 1. The number of benzene rings is 1. The van der Waals surface area contributed by atoms with E-state index in [1.807, 2.05) is 0 Å². The number of anilines is 1. The zero-order valence-electron chi connectivity index (χ0n) is 10.4. The molecule has 1 aromatic carbocycles. The van der Waals surface area contributed by atoms with Crippen LogP contribution in [-0.2, 0) is 14.6 Å². The molecule has 0 aliphatic rings. The molecular formula is C12H19NO3S. The van der Waals surface area contributed by atoms with Crippen molar-refractivity contribution in [1.82, 2.24) is 0 Å². The third-order valence-electron chi connectivity index (χ3n) is 2.76. The first kappa shape index (κ1) is 14.0. The zero-order chi connectivity index (χ0) is 13.1. The van der Waals surface area contributed by atoms with Gasteiger partial charge in [-0.3, -0.25) is 0 Å². The van der Waals surface area contributed by atoms with Crippen molar-refractivity contribution >= 4 is 15.5 Å². The molecule has 0 saturated carbocycles. The van der Waals surface area contributed by atoms with Crippen molar-refractivity contribution in [2.75, 3.05) is 19.5 Å². The Morgan fingerprint density at radius 2 is 2.06 bits per heavy atom. The fraction of sp³-hybridized carbons (Fsp3) is 0.500. The predicted octanol–water partition coefficient (Wildman–Crippen LogP) is 1.78. The molecule has 0 saturated heterocycles. The summed E-state index contributed by atoms with van der Waals surface area (Å²) < 4.78 is 29.5. The Balaban J connectivity index is 3.04. The van der Waals surface area contributed by atoms with Crippen LogP contribution in [0.5, 0.6) is 0 Å². The molecule has 0 radical (unpaired) electrons. The summed E-state index contributed by atoms with van der Waals surface area (Å²) in [7, 11) is -1.73. The fourth-order valence-corrected chi connectivity index (χ4v) is 3.25. The van der Waals surface area contributed by atoms with Crippen LogP contribution >= 0.6 is 0 Å². The van der Waals surface area contributed by atoms with Gasteiger partial charge in [0.2, 0.25) is 0 Å². The lowest BCUT2D eigenvalue weighted by molar-refractivity contribution is 0.194. The van der Waals surface area contributed by atoms with Crippen molar-refractivity contribution < 1.29 is 13.2 Å². The van der Waals surface area contributed by atoms with Crippen molar-refractivity contribution in [2.45, 2.75) is 30.4 Å². The monoisotopic (exact) mass is 257 g/mol. The van der Waals surface area contributed by atoms with Crippen molar-refractivity contribution in [3.05, 3.63) is 23.8 Å². The molecule has 0 spiro atoms. The summed E-state index contributed by atoms with van der Waals surface area (Å²) in [6.45, 7) is 3.89. The van der Waals surface area contributed by atoms with Gasteiger partial charge < -0.3 is 10.5 Å². The summed E-state index contributed by atoms with van der Waals surface area (Å²) >= 11 is 0. The van der Waals surface area contributed by atoms with Gasteiger partial charge in [-0.1, -0.05) is 0 Å². The Labute approximate surface area is 103 Å². The molecule has 0 aliphatic heterocycles. The Hall–Kier alpha value is -1.07. The van der Waals surface area contributed by atoms with Crippen LogP contribution in [0, 0.1) is 6.92 Å². The average Bonchev–Trinajstić information content (AvgIpc) is 2.25. The molecule has 1 rings (SSSR count). The average molecular weight is 257 g/mol. The second-order valence-corrected chi connectivity index (χ2v) is 6.50. The van der Waals surface area contributed by atoms with Gasteiger partial charge in [-0.05, 0) is 44.0 Å². The van der Waals surface area contributed by atoms with Gasteiger partial charge in [0.15, 0.2) is 9.84 Å². The lowest BCUT2D eigenvalue weighted by Crippen LogP contribution is -2.20. The van der Waals surface area contributed by atoms with Crippen LogP contribution in [0.4, 0.5) is 5.69 Å². The molecule has 1 aromatic rings. The molecule has 0 aromatic heterocycles. The molecule has 0 amide bonds. The van der Waals surface area contributed by atoms with Gasteiger partial charge in [-0.2, -0.15) is 0 Å². The van der Waals surface area contributed by atoms with Gasteiger partial charge >= 0.3 is 0 Å². The minimum Gasteiger partial charge on any atom is -0.399 e. The molecule has 4 nitrogen and oxygen atoms in total. The van der Waals surface area contributed by atoms with E-state index in [0.717, 1.165) is 0 Å². The van der Waals surface area contributed by atoms with E-state index >= 15 is 0 Å². The summed E-state index contributed by atoms with van der Waals surface area (Å²) in [5.41, 5.74) is 6.88. The highest BCUT2D eigenvalue weighted by atomic mass is 32.2. The van der Waals surface area contributed by atoms with Gasteiger partial charge in [0.1, 0.15) is 0 Å². The Bertz CT molecular complexity index is 483. The Morgan fingerprint density at radius 1 is 1.41 bits per heavy atom. The van der Waals surface area contributed by atoms with E-state index in [4.69, 9.17) is 10.5 Å². The topological polar surface area (TPSA) is 69.4 Å². The summed E-state index contributed by atoms with van der Waals surface area (Å²) in [5, 5.41) is -0.454. The van der Waals surface area contributed by atoms with E-state index in [1.54, 1.807) is 39.2 Å². The van der Waals surface area contributed by atoms with E-state index in [9.17, 15) is 8.42 Å². The lowest BCUT2D eigenvalue weighted by Gasteiger charge is -2.14. The van der Waals surface area contributed by atoms with Crippen LogP contribution < -0.4 is 5.73 Å². The standard InChI is InChI=1S/C12H19NO3S/c1-9-8-11(13)4-5-12(9)17(14,15)10(2)6-7-16-3/h4-5,8,10H,6-7,13H2,1-3H3. The minimum atomic E-state index is -3.29. The number of sulfone groups is 1. The third kappa shape index (κ3) is 3.20. The van der Waals surface area contributed by atoms with Crippen LogP contribution in [0.3, 0.4) is 0 Å². The van der Waals surface area contributed by atoms with E-state index < -0.39 is 15.1 Å². The smallest absolute Gasteiger partial charge is 0.181 e. The van der Waals surface area contributed by atoms with E-state index in [0.29, 0.717) is 29.2 Å². The summed E-state index contributed by atoms with van der Waals surface area (Å²) in [6.07, 6.45) is 0.489. The highest BCUT2D eigenvalue weighted by Gasteiger charge is 2.24. The van der Waals surface area contributed by atoms with Crippen LogP contribution in [0.15, 0.2) is 23.1 Å². The fourth-order valence-electron chi connectivity index (χ4n) is 1.65.